The molecule has 0 heterocycles. The maximum Gasteiger partial charge on any atom is 0.261 e. The predicted octanol–water partition coefficient (Wildman–Crippen LogP) is 4.55. The normalized spacial score (nSPS) is 11.6. The van der Waals surface area contributed by atoms with Crippen LogP contribution in [-0.2, 0) is 22.6 Å². The SMILES string of the molecule is COc1ccccc1OCC(=O)N(Cc1ccccc1C)C(Cc1ccccc1)C(=O)NC(C)C. The van der Waals surface area contributed by atoms with Crippen molar-refractivity contribution in [1.29, 1.82) is 0 Å². The van der Waals surface area contributed by atoms with Crippen LogP contribution in [0.15, 0.2) is 78.9 Å². The standard InChI is InChI=1S/C29H34N2O4/c1-21(2)30-29(33)25(18-23-13-6-5-7-14-23)31(19-24-15-9-8-12-22(24)3)28(32)20-35-27-17-11-10-16-26(27)34-4/h5-17,21,25H,18-20H2,1-4H3,(H,30,33). The number of para-hydroxylation sites is 2. The molecule has 0 aliphatic carbocycles. The van der Waals surface area contributed by atoms with Gasteiger partial charge in [0.25, 0.3) is 5.91 Å². The first-order valence-electron chi connectivity index (χ1n) is 11.8. The smallest absolute Gasteiger partial charge is 0.261 e. The first-order chi connectivity index (χ1) is 16.9. The van der Waals surface area contributed by atoms with Crippen LogP contribution in [0.4, 0.5) is 0 Å². The monoisotopic (exact) mass is 474 g/mol. The van der Waals surface area contributed by atoms with Crippen LogP contribution in [0.3, 0.4) is 0 Å². The molecule has 1 unspecified atom stereocenters. The van der Waals surface area contributed by atoms with E-state index >= 15 is 0 Å². The minimum Gasteiger partial charge on any atom is -0.493 e. The Morgan fingerprint density at radius 3 is 2.17 bits per heavy atom. The van der Waals surface area contributed by atoms with Gasteiger partial charge in [-0.2, -0.15) is 0 Å². The Hall–Kier alpha value is -3.80. The van der Waals surface area contributed by atoms with E-state index in [9.17, 15) is 9.59 Å². The largest absolute Gasteiger partial charge is 0.493 e. The Morgan fingerprint density at radius 1 is 0.886 bits per heavy atom. The minimum atomic E-state index is -0.701. The fourth-order valence-electron chi connectivity index (χ4n) is 3.87. The molecule has 1 atom stereocenters. The fraction of sp³-hybridized carbons (Fsp3) is 0.310. The molecule has 0 radical (unpaired) electrons. The number of hydrogen-bond donors (Lipinski definition) is 1. The summed E-state index contributed by atoms with van der Waals surface area (Å²) >= 11 is 0. The number of nitrogens with one attached hydrogen (secondary N) is 1. The van der Waals surface area contributed by atoms with Gasteiger partial charge in [-0.3, -0.25) is 9.59 Å². The summed E-state index contributed by atoms with van der Waals surface area (Å²) in [5.74, 6) is 0.552. The number of rotatable bonds is 11. The van der Waals surface area contributed by atoms with Crippen LogP contribution in [0, 0.1) is 6.92 Å². The van der Waals surface area contributed by atoms with Gasteiger partial charge in [0.2, 0.25) is 5.91 Å². The molecule has 1 N–H and O–H groups in total. The zero-order chi connectivity index (χ0) is 25.2. The lowest BCUT2D eigenvalue weighted by atomic mass is 10.0. The van der Waals surface area contributed by atoms with Crippen LogP contribution in [0.1, 0.15) is 30.5 Å². The molecule has 0 saturated carbocycles. The summed E-state index contributed by atoms with van der Waals surface area (Å²) in [6.45, 7) is 5.91. The molecule has 0 fully saturated rings. The molecular weight excluding hydrogens is 440 g/mol. The van der Waals surface area contributed by atoms with Gasteiger partial charge in [0.15, 0.2) is 18.1 Å². The molecule has 35 heavy (non-hydrogen) atoms. The fourth-order valence-corrected chi connectivity index (χ4v) is 3.87. The van der Waals surface area contributed by atoms with Crippen molar-refractivity contribution in [3.8, 4) is 11.5 Å². The van der Waals surface area contributed by atoms with Crippen LogP contribution in [-0.4, -0.2) is 42.5 Å². The lowest BCUT2D eigenvalue weighted by molar-refractivity contribution is -0.143. The third kappa shape index (κ3) is 7.34. The molecule has 3 aromatic carbocycles. The zero-order valence-electron chi connectivity index (χ0n) is 20.9. The van der Waals surface area contributed by atoms with Gasteiger partial charge in [-0.05, 0) is 49.6 Å². The highest BCUT2D eigenvalue weighted by atomic mass is 16.5. The van der Waals surface area contributed by atoms with Crippen LogP contribution < -0.4 is 14.8 Å². The molecule has 0 aromatic heterocycles. The van der Waals surface area contributed by atoms with E-state index in [2.05, 4.69) is 5.32 Å². The van der Waals surface area contributed by atoms with E-state index in [-0.39, 0.29) is 24.5 Å². The molecule has 3 aromatic rings. The zero-order valence-corrected chi connectivity index (χ0v) is 20.9. The number of hydrogen-bond acceptors (Lipinski definition) is 4. The molecule has 184 valence electrons. The van der Waals surface area contributed by atoms with E-state index in [0.717, 1.165) is 16.7 Å². The van der Waals surface area contributed by atoms with Gasteiger partial charge in [-0.25, -0.2) is 0 Å². The summed E-state index contributed by atoms with van der Waals surface area (Å²) < 4.78 is 11.2. The molecule has 0 spiro atoms. The molecule has 0 aliphatic heterocycles. The van der Waals surface area contributed by atoms with Crippen LogP contribution in [0.5, 0.6) is 11.5 Å². The first kappa shape index (κ1) is 25.8. The number of nitrogens with zero attached hydrogens (tertiary/aromatic N) is 1. The molecule has 0 saturated heterocycles. The third-order valence-electron chi connectivity index (χ3n) is 5.72. The van der Waals surface area contributed by atoms with Crippen molar-refractivity contribution >= 4 is 11.8 Å². The average molecular weight is 475 g/mol. The van der Waals surface area contributed by atoms with Crippen molar-refractivity contribution in [1.82, 2.24) is 10.2 Å². The van der Waals surface area contributed by atoms with Crippen molar-refractivity contribution in [3.63, 3.8) is 0 Å². The van der Waals surface area contributed by atoms with Crippen molar-refractivity contribution in [2.24, 2.45) is 0 Å². The Bertz CT molecular complexity index is 1110. The number of amides is 2. The summed E-state index contributed by atoms with van der Waals surface area (Å²) in [4.78, 5) is 28.6. The quantitative estimate of drug-likeness (QED) is 0.443. The third-order valence-corrected chi connectivity index (χ3v) is 5.72. The number of methoxy groups -OCH3 is 1. The summed E-state index contributed by atoms with van der Waals surface area (Å²) in [5, 5.41) is 3.00. The number of carbonyl (C=O) groups is 2. The summed E-state index contributed by atoms with van der Waals surface area (Å²) in [7, 11) is 1.56. The van der Waals surface area contributed by atoms with Crippen molar-refractivity contribution < 1.29 is 19.1 Å². The second kappa shape index (κ2) is 12.6. The van der Waals surface area contributed by atoms with Gasteiger partial charge in [0.1, 0.15) is 6.04 Å². The number of ether oxygens (including phenoxy) is 2. The van der Waals surface area contributed by atoms with Crippen molar-refractivity contribution in [2.75, 3.05) is 13.7 Å². The summed E-state index contributed by atoms with van der Waals surface area (Å²) in [6, 6.07) is 24.1. The minimum absolute atomic E-state index is 0.0546. The van der Waals surface area contributed by atoms with Crippen LogP contribution >= 0.6 is 0 Å². The van der Waals surface area contributed by atoms with Crippen molar-refractivity contribution in [3.05, 3.63) is 95.6 Å². The molecule has 6 heteroatoms. The van der Waals surface area contributed by atoms with Gasteiger partial charge in [-0.15, -0.1) is 0 Å². The average Bonchev–Trinajstić information content (AvgIpc) is 2.86. The van der Waals surface area contributed by atoms with E-state index in [1.165, 1.54) is 0 Å². The molecule has 6 nitrogen and oxygen atoms in total. The number of aryl methyl sites for hydroxylation is 1. The second-order valence-electron chi connectivity index (χ2n) is 8.76. The molecule has 2 amide bonds. The van der Waals surface area contributed by atoms with Gasteiger partial charge >= 0.3 is 0 Å². The lowest BCUT2D eigenvalue weighted by Crippen LogP contribution is -2.52. The van der Waals surface area contributed by atoms with Crippen LogP contribution in [0.2, 0.25) is 0 Å². The Kier molecular flexibility index (Phi) is 9.30. The number of carbonyl (C=O) groups excluding carboxylic acids is 2. The molecular formula is C29H34N2O4. The van der Waals surface area contributed by atoms with E-state index in [4.69, 9.17) is 9.47 Å². The topological polar surface area (TPSA) is 67.9 Å². The highest BCUT2D eigenvalue weighted by Crippen LogP contribution is 2.26. The van der Waals surface area contributed by atoms with Gasteiger partial charge in [-0.1, -0.05) is 66.7 Å². The Balaban J connectivity index is 1.93. The lowest BCUT2D eigenvalue weighted by Gasteiger charge is -2.32. The Labute approximate surface area is 207 Å². The van der Waals surface area contributed by atoms with Gasteiger partial charge < -0.3 is 19.7 Å². The van der Waals surface area contributed by atoms with Gasteiger partial charge in [0.05, 0.1) is 7.11 Å². The van der Waals surface area contributed by atoms with E-state index in [0.29, 0.717) is 24.5 Å². The summed E-state index contributed by atoms with van der Waals surface area (Å²) in [6.07, 6.45) is 0.395. The maximum absolute atomic E-state index is 13.6. The molecule has 0 bridgehead atoms. The molecule has 3 rings (SSSR count). The highest BCUT2D eigenvalue weighted by Gasteiger charge is 2.31. The van der Waals surface area contributed by atoms with E-state index in [1.54, 1.807) is 24.1 Å². The maximum atomic E-state index is 13.6. The van der Waals surface area contributed by atoms with Crippen LogP contribution in [0.25, 0.3) is 0 Å². The molecule has 0 aliphatic rings. The summed E-state index contributed by atoms with van der Waals surface area (Å²) in [5.41, 5.74) is 3.01. The predicted molar refractivity (Wildman–Crippen MR) is 137 cm³/mol. The van der Waals surface area contributed by atoms with E-state index < -0.39 is 6.04 Å². The first-order valence-corrected chi connectivity index (χ1v) is 11.8. The highest BCUT2D eigenvalue weighted by molar-refractivity contribution is 5.88. The number of benzene rings is 3. The van der Waals surface area contributed by atoms with E-state index in [1.807, 2.05) is 87.5 Å². The van der Waals surface area contributed by atoms with Gasteiger partial charge in [0, 0.05) is 19.0 Å². The second-order valence-corrected chi connectivity index (χ2v) is 8.76. The Morgan fingerprint density at radius 2 is 1.51 bits per heavy atom. The van der Waals surface area contributed by atoms with Crippen molar-refractivity contribution in [2.45, 2.75) is 45.8 Å².